The van der Waals surface area contributed by atoms with Crippen LogP contribution in [0.1, 0.15) is 25.3 Å². The summed E-state index contributed by atoms with van der Waals surface area (Å²) in [7, 11) is 0. The van der Waals surface area contributed by atoms with E-state index in [1.165, 1.54) is 6.21 Å². The highest BCUT2D eigenvalue weighted by molar-refractivity contribution is 14.1. The fourth-order valence-corrected chi connectivity index (χ4v) is 5.86. The van der Waals surface area contributed by atoms with E-state index in [0.29, 0.717) is 21.5 Å². The van der Waals surface area contributed by atoms with Crippen LogP contribution in [0.25, 0.3) is 0 Å². The van der Waals surface area contributed by atoms with Crippen LogP contribution in [0, 0.1) is 32.7 Å². The molecule has 1 heterocycles. The summed E-state index contributed by atoms with van der Waals surface area (Å²) in [5, 5.41) is 15.3. The third kappa shape index (κ3) is 2.26. The van der Waals surface area contributed by atoms with Crippen molar-refractivity contribution in [2.75, 3.05) is 6.61 Å². The number of amides is 2. The number of nitrogens with zero attached hydrogens (tertiary/aromatic N) is 2. The highest BCUT2D eigenvalue weighted by atomic mass is 127. The number of carbonyl (C=O) groups excluding carboxylic acids is 2. The number of aromatic hydroxyl groups is 1. The van der Waals surface area contributed by atoms with E-state index in [9.17, 15) is 14.7 Å². The molecule has 3 fully saturated rings. The quantitative estimate of drug-likeness (QED) is 0.313. The van der Waals surface area contributed by atoms with Crippen LogP contribution < -0.4 is 4.74 Å². The van der Waals surface area contributed by atoms with Crippen LogP contribution in [-0.2, 0) is 9.59 Å². The molecular weight excluding hydrogens is 459 g/mol. The Balaban J connectivity index is 1.41. The van der Waals surface area contributed by atoms with Gasteiger partial charge in [-0.25, -0.2) is 0 Å². The highest BCUT2D eigenvalue weighted by Crippen LogP contribution is 2.73. The maximum absolute atomic E-state index is 12.9. The number of fused-ring (bicyclic) bond motifs is 3. The van der Waals surface area contributed by atoms with Crippen LogP contribution in [0.15, 0.2) is 29.4 Å². The lowest BCUT2D eigenvalue weighted by atomic mass is 9.85. The number of halogens is 1. The van der Waals surface area contributed by atoms with E-state index in [4.69, 9.17) is 4.74 Å². The van der Waals surface area contributed by atoms with Gasteiger partial charge in [-0.3, -0.25) is 9.59 Å². The molecule has 5 rings (SSSR count). The van der Waals surface area contributed by atoms with Crippen molar-refractivity contribution in [3.8, 4) is 11.5 Å². The van der Waals surface area contributed by atoms with Gasteiger partial charge in [0.15, 0.2) is 11.5 Å². The Morgan fingerprint density at radius 1 is 1.26 bits per heavy atom. The minimum atomic E-state index is -0.244. The van der Waals surface area contributed by atoms with Crippen LogP contribution in [0.3, 0.4) is 0 Å². The Morgan fingerprint density at radius 3 is 2.44 bits per heavy atom. The third-order valence-electron chi connectivity index (χ3n) is 6.50. The number of phenols is 1. The van der Waals surface area contributed by atoms with Gasteiger partial charge in [-0.1, -0.05) is 12.2 Å². The number of rotatable bonds is 4. The summed E-state index contributed by atoms with van der Waals surface area (Å²) in [6.45, 7) is 2.26. The summed E-state index contributed by atoms with van der Waals surface area (Å²) in [6, 6.07) is 3.39. The molecule has 6 nitrogen and oxygen atoms in total. The lowest BCUT2D eigenvalue weighted by Crippen LogP contribution is -2.30. The number of ether oxygens (including phenoxy) is 1. The molecule has 1 saturated heterocycles. The molecule has 4 atom stereocenters. The maximum atomic E-state index is 12.9. The van der Waals surface area contributed by atoms with Gasteiger partial charge in [0, 0.05) is 0 Å². The number of hydrogen-bond donors (Lipinski definition) is 1. The fourth-order valence-electron chi connectivity index (χ4n) is 5.23. The number of allylic oxidation sites excluding steroid dienone is 2. The summed E-state index contributed by atoms with van der Waals surface area (Å²) in [4.78, 5) is 25.8. The molecular formula is C20H19IN2O4. The zero-order valence-electron chi connectivity index (χ0n) is 14.8. The van der Waals surface area contributed by atoms with Crippen LogP contribution in [-0.4, -0.2) is 34.8 Å². The Labute approximate surface area is 170 Å². The number of phenolic OH excluding ortho intramolecular Hbond substituents is 1. The van der Waals surface area contributed by atoms with Crippen molar-refractivity contribution < 1.29 is 19.4 Å². The van der Waals surface area contributed by atoms with Crippen LogP contribution in [0.4, 0.5) is 0 Å². The van der Waals surface area contributed by atoms with Crippen LogP contribution in [0.5, 0.6) is 11.5 Å². The number of carbonyl (C=O) groups is 2. The van der Waals surface area contributed by atoms with Gasteiger partial charge < -0.3 is 9.84 Å². The normalized spacial score (nSPS) is 32.1. The smallest absolute Gasteiger partial charge is 0.254 e. The maximum Gasteiger partial charge on any atom is 0.254 e. The van der Waals surface area contributed by atoms with Gasteiger partial charge in [-0.15, -0.1) is 0 Å². The first kappa shape index (κ1) is 17.2. The van der Waals surface area contributed by atoms with Crippen molar-refractivity contribution in [1.29, 1.82) is 0 Å². The van der Waals surface area contributed by atoms with Gasteiger partial charge in [0.1, 0.15) is 0 Å². The standard InChI is InChI=1S/C20H19IN2O4/c1-2-27-14-8-10(7-13(21)17(14)24)9-22-23-18(25)15-11-3-4-12(16(15)19(23)26)20(11)5-6-20/h3-4,7-9,11-12,15-16,24H,2,5-6H2,1H3/b22-9-/t11-,12-,15-,16+/m1/s1. The molecule has 140 valence electrons. The molecule has 0 aromatic heterocycles. The first-order valence-corrected chi connectivity index (χ1v) is 10.3. The third-order valence-corrected chi connectivity index (χ3v) is 7.32. The number of benzene rings is 1. The van der Waals surface area contributed by atoms with Gasteiger partial charge in [-0.05, 0) is 77.3 Å². The lowest BCUT2D eigenvalue weighted by Gasteiger charge is -2.18. The Morgan fingerprint density at radius 2 is 1.89 bits per heavy atom. The van der Waals surface area contributed by atoms with Gasteiger partial charge >= 0.3 is 0 Å². The predicted molar refractivity (Wildman–Crippen MR) is 106 cm³/mol. The zero-order valence-corrected chi connectivity index (χ0v) is 16.9. The monoisotopic (exact) mass is 478 g/mol. The SMILES string of the molecule is CCOc1cc(/C=N\N2C(=O)[C@@H]3[C@H](C2=O)[C@H]2C=C[C@H]3C23CC3)cc(I)c1O. The molecule has 1 aromatic rings. The summed E-state index contributed by atoms with van der Waals surface area (Å²) in [6.07, 6.45) is 8.03. The van der Waals surface area contributed by atoms with E-state index >= 15 is 0 Å². The average Bonchev–Trinajstić information content (AvgIpc) is 3.24. The second-order valence-corrected chi connectivity index (χ2v) is 8.90. The molecule has 0 unspecified atom stereocenters. The van der Waals surface area contributed by atoms with Crippen molar-refractivity contribution in [2.45, 2.75) is 19.8 Å². The first-order chi connectivity index (χ1) is 13.0. The molecule has 27 heavy (non-hydrogen) atoms. The number of hydrazone groups is 1. The Hall–Kier alpha value is -1.90. The van der Waals surface area contributed by atoms with Crippen molar-refractivity contribution in [1.82, 2.24) is 5.01 Å². The summed E-state index contributed by atoms with van der Waals surface area (Å²) < 4.78 is 6.05. The van der Waals surface area contributed by atoms with E-state index in [1.54, 1.807) is 12.1 Å². The van der Waals surface area contributed by atoms with Crippen molar-refractivity contribution in [2.24, 2.45) is 34.2 Å². The van der Waals surface area contributed by atoms with E-state index in [1.807, 2.05) is 29.5 Å². The van der Waals surface area contributed by atoms with Gasteiger partial charge in [0.2, 0.25) is 0 Å². The molecule has 1 spiro atoms. The topological polar surface area (TPSA) is 79.2 Å². The number of hydrogen-bond acceptors (Lipinski definition) is 5. The average molecular weight is 478 g/mol. The molecule has 1 aromatic carbocycles. The van der Waals surface area contributed by atoms with Crippen molar-refractivity contribution >= 4 is 40.6 Å². The zero-order chi connectivity index (χ0) is 18.9. The largest absolute Gasteiger partial charge is 0.504 e. The van der Waals surface area contributed by atoms with E-state index in [-0.39, 0.29) is 46.7 Å². The highest BCUT2D eigenvalue weighted by Gasteiger charge is 2.73. The predicted octanol–water partition coefficient (Wildman–Crippen LogP) is 2.93. The molecule has 7 heteroatoms. The van der Waals surface area contributed by atoms with E-state index in [2.05, 4.69) is 17.3 Å². The van der Waals surface area contributed by atoms with Gasteiger partial charge in [-0.2, -0.15) is 10.1 Å². The molecule has 0 radical (unpaired) electrons. The Kier molecular flexibility index (Phi) is 3.70. The Bertz CT molecular complexity index is 887. The second kappa shape index (κ2) is 5.80. The molecule has 2 amide bonds. The molecule has 2 bridgehead atoms. The van der Waals surface area contributed by atoms with Gasteiger partial charge in [0.05, 0.1) is 28.2 Å². The van der Waals surface area contributed by atoms with Crippen molar-refractivity contribution in [3.63, 3.8) is 0 Å². The van der Waals surface area contributed by atoms with Crippen LogP contribution >= 0.6 is 22.6 Å². The fraction of sp³-hybridized carbons (Fsp3) is 0.450. The minimum Gasteiger partial charge on any atom is -0.504 e. The minimum absolute atomic E-state index is 0.0786. The van der Waals surface area contributed by atoms with E-state index in [0.717, 1.165) is 17.9 Å². The van der Waals surface area contributed by atoms with E-state index < -0.39 is 0 Å². The lowest BCUT2D eigenvalue weighted by molar-refractivity contribution is -0.141. The van der Waals surface area contributed by atoms with Crippen LogP contribution in [0.2, 0.25) is 0 Å². The number of imide groups is 1. The molecule has 3 aliphatic carbocycles. The molecule has 1 N–H and O–H groups in total. The summed E-state index contributed by atoms with van der Waals surface area (Å²) in [5.74, 6) is -0.0100. The van der Waals surface area contributed by atoms with Crippen molar-refractivity contribution in [3.05, 3.63) is 33.4 Å². The first-order valence-electron chi connectivity index (χ1n) is 9.23. The second-order valence-electron chi connectivity index (χ2n) is 7.74. The summed E-state index contributed by atoms with van der Waals surface area (Å²) in [5.41, 5.74) is 0.855. The molecule has 1 aliphatic heterocycles. The summed E-state index contributed by atoms with van der Waals surface area (Å²) >= 11 is 2.01. The molecule has 4 aliphatic rings. The van der Waals surface area contributed by atoms with Gasteiger partial charge in [0.25, 0.3) is 11.8 Å². The molecule has 2 saturated carbocycles.